The van der Waals surface area contributed by atoms with Crippen molar-refractivity contribution in [3.8, 4) is 11.3 Å². The first-order chi connectivity index (χ1) is 14.0. The molecule has 0 bridgehead atoms. The van der Waals surface area contributed by atoms with Crippen LogP contribution in [0, 0.1) is 6.92 Å². The summed E-state index contributed by atoms with van der Waals surface area (Å²) in [5.41, 5.74) is 3.48. The molecule has 0 aliphatic rings. The largest absolute Gasteiger partial charge is 0.352 e. The van der Waals surface area contributed by atoms with Crippen LogP contribution in [0.4, 0.5) is 0 Å². The number of amides is 1. The van der Waals surface area contributed by atoms with Crippen LogP contribution < -0.4 is 5.32 Å². The van der Waals surface area contributed by atoms with Crippen molar-refractivity contribution < 1.29 is 4.79 Å². The molecule has 29 heavy (non-hydrogen) atoms. The smallest absolute Gasteiger partial charge is 0.255 e. The van der Waals surface area contributed by atoms with Crippen molar-refractivity contribution in [2.75, 3.05) is 12.8 Å². The molecule has 0 spiro atoms. The molecule has 3 rings (SSSR count). The zero-order chi connectivity index (χ0) is 20.8. The Morgan fingerprint density at radius 3 is 2.55 bits per heavy atom. The van der Waals surface area contributed by atoms with Crippen LogP contribution in [0.3, 0.4) is 0 Å². The van der Waals surface area contributed by atoms with E-state index in [4.69, 9.17) is 23.2 Å². The number of hydrogen-bond acceptors (Lipinski definition) is 4. The van der Waals surface area contributed by atoms with Crippen LogP contribution in [-0.4, -0.2) is 28.7 Å². The van der Waals surface area contributed by atoms with Gasteiger partial charge in [0.05, 0.1) is 22.0 Å². The van der Waals surface area contributed by atoms with Gasteiger partial charge in [-0.15, -0.1) is 0 Å². The summed E-state index contributed by atoms with van der Waals surface area (Å²) in [6.07, 6.45) is 3.64. The number of aryl methyl sites for hydroxylation is 2. The Bertz CT molecular complexity index is 1010. The molecule has 0 atom stereocenters. The van der Waals surface area contributed by atoms with Crippen LogP contribution in [0.5, 0.6) is 0 Å². The van der Waals surface area contributed by atoms with Gasteiger partial charge in [0.15, 0.2) is 5.16 Å². The number of halogens is 2. The van der Waals surface area contributed by atoms with Gasteiger partial charge in [-0.05, 0) is 49.8 Å². The minimum absolute atomic E-state index is 0.204. The molecule has 7 heteroatoms. The summed E-state index contributed by atoms with van der Waals surface area (Å²) < 4.78 is 0. The molecule has 0 aliphatic carbocycles. The topological polar surface area (TPSA) is 54.9 Å². The van der Waals surface area contributed by atoms with Gasteiger partial charge in [-0.2, -0.15) is 0 Å². The van der Waals surface area contributed by atoms with Crippen LogP contribution in [-0.2, 0) is 6.42 Å². The van der Waals surface area contributed by atoms with Gasteiger partial charge in [-0.1, -0.05) is 65.3 Å². The summed E-state index contributed by atoms with van der Waals surface area (Å²) >= 11 is 13.8. The van der Waals surface area contributed by atoms with E-state index >= 15 is 0 Å². The third-order valence-corrected chi connectivity index (χ3v) is 5.53. The van der Waals surface area contributed by atoms with Crippen molar-refractivity contribution in [2.24, 2.45) is 0 Å². The Labute approximate surface area is 185 Å². The van der Waals surface area contributed by atoms with Gasteiger partial charge in [-0.25, -0.2) is 9.97 Å². The van der Waals surface area contributed by atoms with Crippen LogP contribution in [0.25, 0.3) is 11.3 Å². The Balaban J connectivity index is 1.82. The number of hydrogen-bond donors (Lipinski definition) is 1. The van der Waals surface area contributed by atoms with E-state index in [-0.39, 0.29) is 5.91 Å². The molecule has 0 fully saturated rings. The Hall–Kier alpha value is -2.08. The fraction of sp³-hybridized carbons (Fsp3) is 0.227. The maximum absolute atomic E-state index is 13.0. The highest BCUT2D eigenvalue weighted by Gasteiger charge is 2.21. The summed E-state index contributed by atoms with van der Waals surface area (Å²) in [7, 11) is 0. The van der Waals surface area contributed by atoms with E-state index in [1.54, 1.807) is 18.2 Å². The molecule has 1 aromatic heterocycles. The van der Waals surface area contributed by atoms with Gasteiger partial charge in [-0.3, -0.25) is 4.79 Å². The molecule has 4 nitrogen and oxygen atoms in total. The quantitative estimate of drug-likeness (QED) is 0.281. The molecule has 150 valence electrons. The third kappa shape index (κ3) is 5.50. The van der Waals surface area contributed by atoms with Crippen LogP contribution in [0.2, 0.25) is 10.0 Å². The maximum Gasteiger partial charge on any atom is 0.255 e. The second-order valence-electron chi connectivity index (χ2n) is 6.49. The summed E-state index contributed by atoms with van der Waals surface area (Å²) in [4.78, 5) is 22.0. The Morgan fingerprint density at radius 2 is 1.86 bits per heavy atom. The van der Waals surface area contributed by atoms with E-state index in [2.05, 4.69) is 27.4 Å². The molecule has 1 N–H and O–H groups in total. The average molecular weight is 446 g/mol. The lowest BCUT2D eigenvalue weighted by Crippen LogP contribution is -2.27. The second kappa shape index (κ2) is 10.1. The number of carbonyl (C=O) groups excluding carboxylic acids is 1. The highest BCUT2D eigenvalue weighted by molar-refractivity contribution is 7.98. The van der Waals surface area contributed by atoms with Crippen LogP contribution in [0.1, 0.15) is 28.0 Å². The first-order valence-electron chi connectivity index (χ1n) is 9.19. The van der Waals surface area contributed by atoms with E-state index in [1.807, 2.05) is 31.4 Å². The van der Waals surface area contributed by atoms with Crippen molar-refractivity contribution in [3.05, 3.63) is 75.4 Å². The SMILES string of the molecule is CSc1nc(C)c(C(=O)NCCCc2ccccc2)c(-c2ccc(Cl)cc2Cl)n1. The normalized spacial score (nSPS) is 10.8. The Kier molecular flexibility index (Phi) is 7.53. The van der Waals surface area contributed by atoms with Crippen LogP contribution in [0.15, 0.2) is 53.7 Å². The van der Waals surface area contributed by atoms with Gasteiger partial charge >= 0.3 is 0 Å². The lowest BCUT2D eigenvalue weighted by Gasteiger charge is -2.14. The van der Waals surface area contributed by atoms with Crippen molar-refractivity contribution in [1.82, 2.24) is 15.3 Å². The van der Waals surface area contributed by atoms with Gasteiger partial charge in [0.25, 0.3) is 5.91 Å². The van der Waals surface area contributed by atoms with E-state index in [1.165, 1.54) is 17.3 Å². The minimum Gasteiger partial charge on any atom is -0.352 e. The molecular formula is C22H21Cl2N3OS. The number of nitrogens with zero attached hydrogens (tertiary/aromatic N) is 2. The van der Waals surface area contributed by atoms with Crippen molar-refractivity contribution in [3.63, 3.8) is 0 Å². The first-order valence-corrected chi connectivity index (χ1v) is 11.2. The van der Waals surface area contributed by atoms with E-state index in [9.17, 15) is 4.79 Å². The fourth-order valence-electron chi connectivity index (χ4n) is 3.01. The maximum atomic E-state index is 13.0. The van der Waals surface area contributed by atoms with Gasteiger partial charge in [0.2, 0.25) is 0 Å². The lowest BCUT2D eigenvalue weighted by atomic mass is 10.0. The van der Waals surface area contributed by atoms with Crippen molar-refractivity contribution in [1.29, 1.82) is 0 Å². The summed E-state index contributed by atoms with van der Waals surface area (Å²) in [5, 5.41) is 4.56. The zero-order valence-corrected chi connectivity index (χ0v) is 18.5. The fourth-order valence-corrected chi connectivity index (χ4v) is 3.92. The highest BCUT2D eigenvalue weighted by atomic mass is 35.5. The Morgan fingerprint density at radius 1 is 1.10 bits per heavy atom. The molecule has 0 unspecified atom stereocenters. The molecule has 0 saturated heterocycles. The van der Waals surface area contributed by atoms with E-state index in [0.717, 1.165) is 12.8 Å². The highest BCUT2D eigenvalue weighted by Crippen LogP contribution is 2.33. The number of benzene rings is 2. The summed E-state index contributed by atoms with van der Waals surface area (Å²) in [5.74, 6) is -0.204. The molecule has 3 aromatic rings. The first kappa shape index (κ1) is 21.6. The van der Waals surface area contributed by atoms with Crippen molar-refractivity contribution >= 4 is 40.9 Å². The zero-order valence-electron chi connectivity index (χ0n) is 16.2. The number of aromatic nitrogens is 2. The van der Waals surface area contributed by atoms with Crippen molar-refractivity contribution in [2.45, 2.75) is 24.9 Å². The van der Waals surface area contributed by atoms with Gasteiger partial charge in [0.1, 0.15) is 0 Å². The monoisotopic (exact) mass is 445 g/mol. The van der Waals surface area contributed by atoms with Gasteiger partial charge < -0.3 is 5.32 Å². The third-order valence-electron chi connectivity index (χ3n) is 4.44. The van der Waals surface area contributed by atoms with E-state index < -0.39 is 0 Å². The lowest BCUT2D eigenvalue weighted by molar-refractivity contribution is 0.0952. The molecule has 0 radical (unpaired) electrons. The summed E-state index contributed by atoms with van der Waals surface area (Å²) in [6, 6.07) is 15.4. The molecule has 0 saturated carbocycles. The second-order valence-corrected chi connectivity index (χ2v) is 8.11. The van der Waals surface area contributed by atoms with Crippen LogP contribution >= 0.6 is 35.0 Å². The molecule has 1 heterocycles. The standard InChI is InChI=1S/C22H21Cl2N3OS/c1-14-19(21(28)25-12-6-9-15-7-4-3-5-8-15)20(27-22(26-14)29-2)17-11-10-16(23)13-18(17)24/h3-5,7-8,10-11,13H,6,9,12H2,1-2H3,(H,25,28). The van der Waals surface area contributed by atoms with E-state index in [0.29, 0.717) is 44.3 Å². The number of thioether (sulfide) groups is 1. The molecule has 2 aromatic carbocycles. The molecular weight excluding hydrogens is 425 g/mol. The molecule has 1 amide bonds. The molecule has 0 aliphatic heterocycles. The average Bonchev–Trinajstić information content (AvgIpc) is 2.71. The minimum atomic E-state index is -0.204. The predicted molar refractivity (Wildman–Crippen MR) is 121 cm³/mol. The van der Waals surface area contributed by atoms with Gasteiger partial charge in [0, 0.05) is 17.1 Å². The predicted octanol–water partition coefficient (Wildman–Crippen LogP) is 5.84. The summed E-state index contributed by atoms with van der Waals surface area (Å²) in [6.45, 7) is 2.37. The number of nitrogens with one attached hydrogen (secondary N) is 1. The number of carbonyl (C=O) groups is 1. The number of rotatable bonds is 7.